The molecule has 0 saturated carbocycles. The Morgan fingerprint density at radius 3 is 2.36 bits per heavy atom. The number of carbonyl (C=O) groups excluding carboxylic acids is 1. The SMILES string of the molecule is COc1ccc(CC(=O)Nc2cccc3c(=O)n(Cc4ccc(OC(F)(F)F)cc4)ccc23)cc1C. The van der Waals surface area contributed by atoms with Gasteiger partial charge in [0.25, 0.3) is 5.56 Å². The number of aromatic nitrogens is 1. The number of pyridine rings is 1. The van der Waals surface area contributed by atoms with Gasteiger partial charge in [0.2, 0.25) is 5.91 Å². The maximum absolute atomic E-state index is 13.1. The summed E-state index contributed by atoms with van der Waals surface area (Å²) >= 11 is 0. The van der Waals surface area contributed by atoms with Crippen molar-refractivity contribution in [1.82, 2.24) is 4.57 Å². The minimum Gasteiger partial charge on any atom is -0.496 e. The second kappa shape index (κ2) is 10.2. The van der Waals surface area contributed by atoms with Crippen LogP contribution in [-0.4, -0.2) is 23.9 Å². The fraction of sp³-hybridized carbons (Fsp3) is 0.185. The van der Waals surface area contributed by atoms with Crippen molar-refractivity contribution in [2.45, 2.75) is 26.3 Å². The topological polar surface area (TPSA) is 69.6 Å². The minimum atomic E-state index is -4.77. The Kier molecular flexibility index (Phi) is 7.00. The number of fused-ring (bicyclic) bond motifs is 1. The molecule has 0 aliphatic rings. The molecule has 4 rings (SSSR count). The van der Waals surface area contributed by atoms with Gasteiger partial charge in [-0.25, -0.2) is 0 Å². The molecule has 0 spiro atoms. The third-order valence-electron chi connectivity index (χ3n) is 5.63. The first-order valence-electron chi connectivity index (χ1n) is 11.0. The second-order valence-electron chi connectivity index (χ2n) is 8.24. The predicted octanol–water partition coefficient (Wildman–Crippen LogP) is 5.45. The van der Waals surface area contributed by atoms with Crippen molar-refractivity contribution in [3.05, 3.63) is 100.0 Å². The van der Waals surface area contributed by atoms with E-state index >= 15 is 0 Å². The highest BCUT2D eigenvalue weighted by Crippen LogP contribution is 2.24. The average Bonchev–Trinajstić information content (AvgIpc) is 2.81. The fourth-order valence-electron chi connectivity index (χ4n) is 3.98. The molecule has 3 aromatic carbocycles. The molecule has 36 heavy (non-hydrogen) atoms. The number of rotatable bonds is 7. The van der Waals surface area contributed by atoms with Gasteiger partial charge in [0, 0.05) is 22.7 Å². The molecule has 0 unspecified atom stereocenters. The molecular weight excluding hydrogens is 473 g/mol. The predicted molar refractivity (Wildman–Crippen MR) is 130 cm³/mol. The first kappa shape index (κ1) is 24.8. The minimum absolute atomic E-state index is 0.159. The van der Waals surface area contributed by atoms with E-state index < -0.39 is 6.36 Å². The van der Waals surface area contributed by atoms with Crippen molar-refractivity contribution in [3.63, 3.8) is 0 Å². The molecule has 0 saturated heterocycles. The first-order valence-corrected chi connectivity index (χ1v) is 11.0. The summed E-state index contributed by atoms with van der Waals surface area (Å²) < 4.78 is 47.7. The van der Waals surface area contributed by atoms with E-state index in [1.807, 2.05) is 25.1 Å². The van der Waals surface area contributed by atoms with Crippen molar-refractivity contribution in [1.29, 1.82) is 0 Å². The van der Waals surface area contributed by atoms with Crippen LogP contribution in [0, 0.1) is 6.92 Å². The van der Waals surface area contributed by atoms with Crippen LogP contribution in [0.3, 0.4) is 0 Å². The lowest BCUT2D eigenvalue weighted by Crippen LogP contribution is -2.21. The number of benzene rings is 3. The van der Waals surface area contributed by atoms with E-state index in [1.165, 1.54) is 28.8 Å². The Balaban J connectivity index is 1.51. The van der Waals surface area contributed by atoms with Crippen molar-refractivity contribution in [2.75, 3.05) is 12.4 Å². The van der Waals surface area contributed by atoms with Crippen LogP contribution in [0.15, 0.2) is 77.7 Å². The average molecular weight is 496 g/mol. The van der Waals surface area contributed by atoms with Gasteiger partial charge in [-0.15, -0.1) is 13.2 Å². The van der Waals surface area contributed by atoms with Crippen LogP contribution in [0.5, 0.6) is 11.5 Å². The summed E-state index contributed by atoms with van der Waals surface area (Å²) in [6.45, 7) is 2.06. The summed E-state index contributed by atoms with van der Waals surface area (Å²) in [7, 11) is 1.59. The van der Waals surface area contributed by atoms with E-state index in [-0.39, 0.29) is 30.2 Å². The Bertz CT molecular complexity index is 1460. The molecule has 1 heterocycles. The first-order chi connectivity index (χ1) is 17.1. The van der Waals surface area contributed by atoms with Gasteiger partial charge < -0.3 is 19.4 Å². The quantitative estimate of drug-likeness (QED) is 0.370. The van der Waals surface area contributed by atoms with E-state index in [4.69, 9.17) is 4.74 Å². The maximum Gasteiger partial charge on any atom is 0.573 e. The van der Waals surface area contributed by atoms with Crippen molar-refractivity contribution >= 4 is 22.4 Å². The van der Waals surface area contributed by atoms with E-state index in [0.717, 1.165) is 16.9 Å². The van der Waals surface area contributed by atoms with Gasteiger partial charge >= 0.3 is 6.36 Å². The third kappa shape index (κ3) is 5.86. The monoisotopic (exact) mass is 496 g/mol. The zero-order valence-corrected chi connectivity index (χ0v) is 19.6. The number of hydrogen-bond donors (Lipinski definition) is 1. The molecule has 0 bridgehead atoms. The number of nitrogens with one attached hydrogen (secondary N) is 1. The van der Waals surface area contributed by atoms with Crippen molar-refractivity contribution in [2.24, 2.45) is 0 Å². The van der Waals surface area contributed by atoms with Crippen LogP contribution in [0.1, 0.15) is 16.7 Å². The molecular formula is C27H23F3N2O4. The van der Waals surface area contributed by atoms with Gasteiger partial charge in [0.15, 0.2) is 0 Å². The van der Waals surface area contributed by atoms with Crippen LogP contribution >= 0.6 is 0 Å². The number of amides is 1. The zero-order valence-electron chi connectivity index (χ0n) is 19.6. The van der Waals surface area contributed by atoms with Gasteiger partial charge in [-0.3, -0.25) is 9.59 Å². The zero-order chi connectivity index (χ0) is 25.9. The summed E-state index contributed by atoms with van der Waals surface area (Å²) in [5.74, 6) is 0.190. The molecule has 1 aromatic heterocycles. The number of halogens is 3. The number of methoxy groups -OCH3 is 1. The van der Waals surface area contributed by atoms with Crippen LogP contribution in [-0.2, 0) is 17.8 Å². The van der Waals surface area contributed by atoms with Gasteiger partial charge in [0.1, 0.15) is 11.5 Å². The molecule has 1 N–H and O–H groups in total. The number of nitrogens with zero attached hydrogens (tertiary/aromatic N) is 1. The van der Waals surface area contributed by atoms with E-state index in [1.54, 1.807) is 37.6 Å². The maximum atomic E-state index is 13.1. The normalized spacial score (nSPS) is 11.4. The van der Waals surface area contributed by atoms with Crippen molar-refractivity contribution < 1.29 is 27.4 Å². The molecule has 6 nitrogen and oxygen atoms in total. The summed E-state index contributed by atoms with van der Waals surface area (Å²) in [4.78, 5) is 25.8. The Labute approximate surface area is 204 Å². The largest absolute Gasteiger partial charge is 0.573 e. The summed E-state index contributed by atoms with van der Waals surface area (Å²) in [6, 6.07) is 17.7. The lowest BCUT2D eigenvalue weighted by Gasteiger charge is -2.13. The molecule has 186 valence electrons. The second-order valence-corrected chi connectivity index (χ2v) is 8.24. The Morgan fingerprint density at radius 2 is 1.69 bits per heavy atom. The fourth-order valence-corrected chi connectivity index (χ4v) is 3.98. The highest BCUT2D eigenvalue weighted by Gasteiger charge is 2.30. The molecule has 9 heteroatoms. The standard InChI is InChI=1S/C27H23F3N2O4/c1-17-14-19(8-11-24(17)35-2)15-25(33)31-23-5-3-4-22-21(23)12-13-32(26(22)34)16-18-6-9-20(10-7-18)36-27(28,29)30/h3-14H,15-16H2,1-2H3,(H,31,33). The molecule has 0 aliphatic carbocycles. The van der Waals surface area contributed by atoms with Crippen LogP contribution in [0.4, 0.5) is 18.9 Å². The van der Waals surface area contributed by atoms with Crippen molar-refractivity contribution in [3.8, 4) is 11.5 Å². The number of carbonyl (C=O) groups is 1. The van der Waals surface area contributed by atoms with Gasteiger partial charge in [0.05, 0.1) is 20.1 Å². The molecule has 0 fully saturated rings. The highest BCUT2D eigenvalue weighted by atomic mass is 19.4. The number of hydrogen-bond acceptors (Lipinski definition) is 4. The molecule has 0 aliphatic heterocycles. The van der Waals surface area contributed by atoms with Crippen LogP contribution in [0.25, 0.3) is 10.8 Å². The number of ether oxygens (including phenoxy) is 2. The van der Waals surface area contributed by atoms with E-state index in [9.17, 15) is 22.8 Å². The van der Waals surface area contributed by atoms with E-state index in [0.29, 0.717) is 22.0 Å². The third-order valence-corrected chi connectivity index (χ3v) is 5.63. The lowest BCUT2D eigenvalue weighted by molar-refractivity contribution is -0.274. The number of aryl methyl sites for hydroxylation is 1. The molecule has 0 radical (unpaired) electrons. The lowest BCUT2D eigenvalue weighted by atomic mass is 10.1. The summed E-state index contributed by atoms with van der Waals surface area (Å²) in [6.07, 6.45) is -3.02. The number of anilines is 1. The summed E-state index contributed by atoms with van der Waals surface area (Å²) in [5.41, 5.74) is 2.62. The molecule has 0 atom stereocenters. The van der Waals surface area contributed by atoms with Gasteiger partial charge in [-0.1, -0.05) is 30.3 Å². The highest BCUT2D eigenvalue weighted by molar-refractivity contribution is 6.02. The van der Waals surface area contributed by atoms with Crippen LogP contribution < -0.4 is 20.3 Å². The molecule has 4 aromatic rings. The van der Waals surface area contributed by atoms with Crippen LogP contribution in [0.2, 0.25) is 0 Å². The summed E-state index contributed by atoms with van der Waals surface area (Å²) in [5, 5.41) is 3.88. The van der Waals surface area contributed by atoms with Gasteiger partial charge in [-0.05, 0) is 60.0 Å². The van der Waals surface area contributed by atoms with E-state index in [2.05, 4.69) is 10.1 Å². The number of alkyl halides is 3. The Hall–Kier alpha value is -4.27. The molecule has 1 amide bonds. The van der Waals surface area contributed by atoms with Gasteiger partial charge in [-0.2, -0.15) is 0 Å². The Morgan fingerprint density at radius 1 is 0.972 bits per heavy atom. The smallest absolute Gasteiger partial charge is 0.496 e.